The van der Waals surface area contributed by atoms with Crippen LogP contribution in [0.25, 0.3) is 0 Å². The van der Waals surface area contributed by atoms with Gasteiger partial charge in [0.25, 0.3) is 0 Å². The molecule has 86 valence electrons. The Hall–Kier alpha value is -1.39. The van der Waals surface area contributed by atoms with Gasteiger partial charge in [0.1, 0.15) is 10.7 Å². The topological polar surface area (TPSA) is 115 Å². The fraction of sp³-hybridized carbons (Fsp3) is 0.333. The number of hydrogen-bond acceptors (Lipinski definition) is 8. The van der Waals surface area contributed by atoms with Crippen molar-refractivity contribution in [3.8, 4) is 0 Å². The van der Waals surface area contributed by atoms with Crippen LogP contribution in [0.15, 0.2) is 9.95 Å². The van der Waals surface area contributed by atoms with E-state index in [-0.39, 0.29) is 5.69 Å². The number of nitrogens with zero attached hydrogens (tertiary/aromatic N) is 4. The van der Waals surface area contributed by atoms with Gasteiger partial charge in [-0.1, -0.05) is 16.3 Å². The molecule has 0 saturated carbocycles. The molecule has 0 aliphatic rings. The highest BCUT2D eigenvalue weighted by molar-refractivity contribution is 7.98. The lowest BCUT2D eigenvalue weighted by molar-refractivity contribution is 0.765. The van der Waals surface area contributed by atoms with E-state index in [1.807, 2.05) is 0 Å². The third kappa shape index (κ3) is 2.08. The number of rotatable bonds is 4. The molecule has 0 aromatic carbocycles. The van der Waals surface area contributed by atoms with E-state index in [2.05, 4.69) is 25.2 Å². The first-order valence-electron chi connectivity index (χ1n) is 4.24. The average Bonchev–Trinajstić information content (AvgIpc) is 2.86. The molecule has 10 heteroatoms. The summed E-state index contributed by atoms with van der Waals surface area (Å²) in [6.45, 7) is 0. The maximum absolute atomic E-state index is 11.1. The van der Waals surface area contributed by atoms with Crippen molar-refractivity contribution in [2.24, 2.45) is 12.9 Å². The van der Waals surface area contributed by atoms with E-state index < -0.39 is 0 Å². The number of nitrogens with one attached hydrogen (secondary N) is 2. The van der Waals surface area contributed by atoms with Crippen LogP contribution < -0.4 is 17.0 Å². The highest BCUT2D eigenvalue weighted by atomic mass is 32.2. The van der Waals surface area contributed by atoms with Crippen LogP contribution in [-0.2, 0) is 12.8 Å². The van der Waals surface area contributed by atoms with Gasteiger partial charge in [-0.2, -0.15) is 0 Å². The zero-order valence-corrected chi connectivity index (χ0v) is 9.93. The minimum atomic E-state index is -0.240. The normalized spacial score (nSPS) is 10.6. The van der Waals surface area contributed by atoms with Crippen LogP contribution in [0.2, 0.25) is 0 Å². The maximum Gasteiger partial charge on any atom is 0.343 e. The molecule has 0 spiro atoms. The number of aromatic nitrogens is 5. The molecule has 2 heterocycles. The van der Waals surface area contributed by atoms with Gasteiger partial charge >= 0.3 is 5.69 Å². The molecule has 0 saturated heterocycles. The van der Waals surface area contributed by atoms with Gasteiger partial charge in [-0.15, -0.1) is 10.2 Å². The number of H-pyrrole nitrogens is 1. The summed E-state index contributed by atoms with van der Waals surface area (Å²) in [5.74, 6) is 5.84. The van der Waals surface area contributed by atoms with Gasteiger partial charge in [0.2, 0.25) is 0 Å². The number of aromatic amines is 1. The molecule has 4 N–H and O–H groups in total. The summed E-state index contributed by atoms with van der Waals surface area (Å²) in [4.78, 5) is 11.1. The molecule has 2 rings (SSSR count). The molecule has 0 fully saturated rings. The summed E-state index contributed by atoms with van der Waals surface area (Å²) in [6.07, 6.45) is 0. The summed E-state index contributed by atoms with van der Waals surface area (Å²) < 4.78 is 5.20. The second-order valence-corrected chi connectivity index (χ2v) is 4.55. The lowest BCUT2D eigenvalue weighted by Crippen LogP contribution is -2.13. The number of nitrogen functional groups attached to an aromatic ring is 1. The molecule has 16 heavy (non-hydrogen) atoms. The van der Waals surface area contributed by atoms with Crippen LogP contribution in [0, 0.1) is 0 Å². The zero-order chi connectivity index (χ0) is 11.5. The minimum absolute atomic E-state index is 0.240. The molecule has 8 nitrogen and oxygen atoms in total. The van der Waals surface area contributed by atoms with Gasteiger partial charge in [-0.3, -0.25) is 4.57 Å². The molecule has 0 radical (unpaired) electrons. The zero-order valence-electron chi connectivity index (χ0n) is 8.30. The van der Waals surface area contributed by atoms with Crippen molar-refractivity contribution in [1.29, 1.82) is 0 Å². The quantitative estimate of drug-likeness (QED) is 0.386. The second kappa shape index (κ2) is 4.63. The standard InChI is InChI=1S/C6H9N7OS2/c1-13-5(14)10-11-6(13)15-2-3-4(8-7)16-12-9-3/h8H,2,7H2,1H3,(H,10,14). The Kier molecular flexibility index (Phi) is 3.22. The number of anilines is 1. The SMILES string of the molecule is Cn1c(SCc2nnsc2NN)n[nH]c1=O. The monoisotopic (exact) mass is 259 g/mol. The largest absolute Gasteiger partial charge is 0.343 e. The third-order valence-corrected chi connectivity index (χ3v) is 3.60. The smallest absolute Gasteiger partial charge is 0.313 e. The Bertz CT molecular complexity index is 529. The van der Waals surface area contributed by atoms with Gasteiger partial charge in [0, 0.05) is 24.3 Å². The number of hydrazine groups is 1. The van der Waals surface area contributed by atoms with Crippen LogP contribution >= 0.6 is 23.3 Å². The van der Waals surface area contributed by atoms with Gasteiger partial charge in [-0.25, -0.2) is 15.7 Å². The van der Waals surface area contributed by atoms with Crippen LogP contribution in [0.5, 0.6) is 0 Å². The molecule has 0 bridgehead atoms. The molecular formula is C6H9N7OS2. The fourth-order valence-corrected chi connectivity index (χ4v) is 2.45. The summed E-state index contributed by atoms with van der Waals surface area (Å²) in [7, 11) is 1.65. The first-order valence-corrected chi connectivity index (χ1v) is 6.00. The number of hydrogen-bond donors (Lipinski definition) is 3. The van der Waals surface area contributed by atoms with Gasteiger partial charge in [0.15, 0.2) is 5.16 Å². The predicted molar refractivity (Wildman–Crippen MR) is 61.1 cm³/mol. The highest BCUT2D eigenvalue weighted by Crippen LogP contribution is 2.24. The molecule has 0 unspecified atom stereocenters. The summed E-state index contributed by atoms with van der Waals surface area (Å²) in [6, 6.07) is 0. The van der Waals surface area contributed by atoms with E-state index in [4.69, 9.17) is 5.84 Å². The van der Waals surface area contributed by atoms with E-state index >= 15 is 0 Å². The van der Waals surface area contributed by atoms with Gasteiger partial charge < -0.3 is 5.43 Å². The molecule has 0 atom stereocenters. The van der Waals surface area contributed by atoms with Crippen molar-refractivity contribution < 1.29 is 0 Å². The molecule has 0 amide bonds. The lowest BCUT2D eigenvalue weighted by atomic mass is 10.5. The second-order valence-electron chi connectivity index (χ2n) is 2.85. The van der Waals surface area contributed by atoms with Crippen LogP contribution in [0.1, 0.15) is 5.69 Å². The molecule has 0 aliphatic heterocycles. The lowest BCUT2D eigenvalue weighted by Gasteiger charge is -1.99. The van der Waals surface area contributed by atoms with E-state index in [0.717, 1.165) is 5.69 Å². The Morgan fingerprint density at radius 3 is 3.12 bits per heavy atom. The molecular weight excluding hydrogens is 250 g/mol. The Labute approximate surface area is 98.4 Å². The number of thioether (sulfide) groups is 1. The highest BCUT2D eigenvalue weighted by Gasteiger charge is 2.10. The summed E-state index contributed by atoms with van der Waals surface area (Å²) in [5.41, 5.74) is 3.02. The average molecular weight is 259 g/mol. The third-order valence-electron chi connectivity index (χ3n) is 1.86. The van der Waals surface area contributed by atoms with E-state index in [1.165, 1.54) is 27.9 Å². The first kappa shape index (κ1) is 11.1. The van der Waals surface area contributed by atoms with E-state index in [9.17, 15) is 4.79 Å². The Balaban J connectivity index is 2.08. The van der Waals surface area contributed by atoms with Crippen molar-refractivity contribution in [2.75, 3.05) is 5.43 Å². The molecule has 0 aliphatic carbocycles. The molecule has 2 aromatic rings. The van der Waals surface area contributed by atoms with Gasteiger partial charge in [0.05, 0.1) is 0 Å². The van der Waals surface area contributed by atoms with Crippen LogP contribution in [0.3, 0.4) is 0 Å². The van der Waals surface area contributed by atoms with Crippen molar-refractivity contribution in [3.63, 3.8) is 0 Å². The predicted octanol–water partition coefficient (Wildman–Crippen LogP) is -0.462. The maximum atomic E-state index is 11.1. The Morgan fingerprint density at radius 2 is 2.50 bits per heavy atom. The van der Waals surface area contributed by atoms with Crippen molar-refractivity contribution in [3.05, 3.63) is 16.2 Å². The van der Waals surface area contributed by atoms with Crippen molar-refractivity contribution >= 4 is 28.3 Å². The Morgan fingerprint density at radius 1 is 1.69 bits per heavy atom. The summed E-state index contributed by atoms with van der Waals surface area (Å²) in [5, 5.41) is 11.5. The van der Waals surface area contributed by atoms with Crippen LogP contribution in [-0.4, -0.2) is 24.4 Å². The van der Waals surface area contributed by atoms with Crippen molar-refractivity contribution in [2.45, 2.75) is 10.9 Å². The van der Waals surface area contributed by atoms with Gasteiger partial charge in [-0.05, 0) is 0 Å². The fourth-order valence-electron chi connectivity index (χ4n) is 1.01. The van der Waals surface area contributed by atoms with Crippen LogP contribution in [0.4, 0.5) is 5.00 Å². The summed E-state index contributed by atoms with van der Waals surface area (Å²) >= 11 is 2.57. The first-order chi connectivity index (χ1) is 7.72. The van der Waals surface area contributed by atoms with Crippen molar-refractivity contribution in [1.82, 2.24) is 24.4 Å². The number of nitrogens with two attached hydrogens (primary N) is 1. The van der Waals surface area contributed by atoms with E-state index in [1.54, 1.807) is 7.05 Å². The molecule has 2 aromatic heterocycles. The van der Waals surface area contributed by atoms with E-state index in [0.29, 0.717) is 15.9 Å². The minimum Gasteiger partial charge on any atom is -0.313 e.